The molecule has 0 fully saturated rings. The first-order valence-electron chi connectivity index (χ1n) is 32.2. The molecule has 9 heterocycles. The van der Waals surface area contributed by atoms with Gasteiger partial charge in [-0.2, -0.15) is 4.39 Å². The van der Waals surface area contributed by atoms with Crippen molar-refractivity contribution in [2.24, 2.45) is 35.2 Å². The smallest absolute Gasteiger partial charge is 0.319 e. The summed E-state index contributed by atoms with van der Waals surface area (Å²) < 4.78 is 36.0. The van der Waals surface area contributed by atoms with E-state index in [4.69, 9.17) is 9.15 Å². The topological polar surface area (TPSA) is 249 Å². The fraction of sp³-hybridized carbons (Fsp3) is 0.125. The van der Waals surface area contributed by atoms with Crippen LogP contribution in [0.4, 0.5) is 10.1 Å². The second kappa shape index (κ2) is 48.7. The SMILES string of the molecule is COc1c[c-]c(-c2nccn2C)c(CO)c1.Cc1c[c-]c(-c2nccn2C)c(C)c1.Cc1cnc(-c2[c-]cccc2)n1C.Cn1c(F)cnc1-c1[c-]cccc1.Cn1ccnc1-c1[c-]ccc([N+](=O)[O-])c1.[Ir].[Ir].[Ir].[Ir].[Ir].[Ir].[Ir].[c-]1ccccc1-c1nccn1-c1cccnc1.[c-]1ccccc1-c1nccn1-c1nnco1. The van der Waals surface area contributed by atoms with E-state index in [1.54, 1.807) is 84.9 Å². The van der Waals surface area contributed by atoms with Crippen molar-refractivity contribution < 1.29 is 164 Å². The van der Waals surface area contributed by atoms with E-state index in [1.807, 2.05) is 195 Å². The second-order valence-corrected chi connectivity index (χ2v) is 22.7. The molecule has 0 bridgehead atoms. The number of pyridine rings is 1. The fourth-order valence-corrected chi connectivity index (χ4v) is 10.2. The maximum Gasteiger partial charge on any atom is 0.319 e. The van der Waals surface area contributed by atoms with Crippen LogP contribution < -0.4 is 4.74 Å². The van der Waals surface area contributed by atoms with Gasteiger partial charge in [-0.05, 0) is 19.1 Å². The Bertz CT molecular complexity index is 5180. The molecule has 587 valence electrons. The Morgan fingerprint density at radius 3 is 1.42 bits per heavy atom. The first-order valence-corrected chi connectivity index (χ1v) is 32.2. The van der Waals surface area contributed by atoms with E-state index in [1.165, 1.54) is 46.5 Å². The number of rotatable bonds is 12. The zero-order chi connectivity index (χ0) is 73.3. The summed E-state index contributed by atoms with van der Waals surface area (Å²) in [5, 5.41) is 27.4. The number of imidazole rings is 7. The average Bonchev–Trinajstić information content (AvgIpc) is 1.73. The molecule has 0 saturated heterocycles. The van der Waals surface area contributed by atoms with Crippen molar-refractivity contribution in [3.8, 4) is 97.2 Å². The molecule has 31 heteroatoms. The minimum atomic E-state index is -0.430. The number of hydrogen-bond donors (Lipinski definition) is 1. The predicted molar refractivity (Wildman–Crippen MR) is 392 cm³/mol. The largest absolute Gasteiger partial charge is 0.540 e. The van der Waals surface area contributed by atoms with E-state index < -0.39 is 4.92 Å². The Morgan fingerprint density at radius 1 is 0.495 bits per heavy atom. The van der Waals surface area contributed by atoms with Gasteiger partial charge in [-0.15, -0.1) is 219 Å². The molecule has 0 unspecified atom stereocenters. The Balaban J connectivity index is 0.000000333. The van der Waals surface area contributed by atoms with Gasteiger partial charge in [0, 0.05) is 273 Å². The number of nitro benzene ring substituents is 1. The van der Waals surface area contributed by atoms with Crippen molar-refractivity contribution in [1.82, 2.24) is 82.0 Å². The number of hydrogen-bond acceptors (Lipinski definition) is 15. The summed E-state index contributed by atoms with van der Waals surface area (Å²) in [4.78, 5) is 43.8. The average molecular weight is 2730 g/mol. The van der Waals surface area contributed by atoms with Gasteiger partial charge in [0.1, 0.15) is 0 Å². The van der Waals surface area contributed by atoms with E-state index in [0.717, 1.165) is 79.4 Å². The van der Waals surface area contributed by atoms with Crippen molar-refractivity contribution in [1.29, 1.82) is 0 Å². The molecule has 16 rings (SSSR count). The predicted octanol–water partition coefficient (Wildman–Crippen LogP) is 14.3. The number of benzene rings is 7. The number of nitro groups is 1. The molecule has 111 heavy (non-hydrogen) atoms. The van der Waals surface area contributed by atoms with Gasteiger partial charge in [-0.1, -0.05) is 42.7 Å². The molecule has 23 nitrogen and oxygen atoms in total. The van der Waals surface area contributed by atoms with E-state index in [0.29, 0.717) is 29.0 Å². The summed E-state index contributed by atoms with van der Waals surface area (Å²) in [5.41, 5.74) is 11.6. The van der Waals surface area contributed by atoms with Crippen LogP contribution in [0.1, 0.15) is 22.4 Å². The summed E-state index contributed by atoms with van der Waals surface area (Å²) in [6.07, 6.45) is 25.8. The van der Waals surface area contributed by atoms with Gasteiger partial charge >= 0.3 is 6.01 Å². The van der Waals surface area contributed by atoms with Crippen LogP contribution in [0, 0.1) is 79.3 Å². The molecule has 7 aromatic carbocycles. The van der Waals surface area contributed by atoms with E-state index in [-0.39, 0.29) is 159 Å². The molecule has 1 N–H and O–H groups in total. The molecule has 0 aliphatic carbocycles. The zero-order valence-corrected chi connectivity index (χ0v) is 77.4. The summed E-state index contributed by atoms with van der Waals surface area (Å²) in [5.74, 6) is 5.93. The van der Waals surface area contributed by atoms with Gasteiger partial charge in [0.25, 0.3) is 0 Å². The molecule has 0 aliphatic rings. The Kier molecular flexibility index (Phi) is 42.1. The number of ether oxygens (including phenoxy) is 1. The van der Waals surface area contributed by atoms with Crippen molar-refractivity contribution in [2.45, 2.75) is 27.4 Å². The zero-order valence-electron chi connectivity index (χ0n) is 60.6. The Morgan fingerprint density at radius 2 is 0.982 bits per heavy atom. The maximum absolute atomic E-state index is 12.9. The molecular formula is C80H70FIr7N18O5-7. The van der Waals surface area contributed by atoms with E-state index >= 15 is 0 Å². The molecule has 0 amide bonds. The van der Waals surface area contributed by atoms with Gasteiger partial charge in [-0.3, -0.25) is 54.6 Å². The number of nitrogens with zero attached hydrogens (tertiary/aromatic N) is 18. The Hall–Kier alpha value is -9.06. The fourth-order valence-electron chi connectivity index (χ4n) is 10.2. The third kappa shape index (κ3) is 26.3. The summed E-state index contributed by atoms with van der Waals surface area (Å²) >= 11 is 0. The van der Waals surface area contributed by atoms with Gasteiger partial charge in [0.2, 0.25) is 12.3 Å². The third-order valence-electron chi connectivity index (χ3n) is 15.5. The maximum atomic E-state index is 12.9. The first-order chi connectivity index (χ1) is 50.6. The van der Waals surface area contributed by atoms with Crippen LogP contribution in [-0.2, 0) is 183 Å². The Labute approximate surface area is 737 Å². The molecule has 16 aromatic rings. The molecular weight excluding hydrogens is 2660 g/mol. The summed E-state index contributed by atoms with van der Waals surface area (Å²) in [6, 6.07) is 68.7. The quantitative estimate of drug-likeness (QED) is 0.0678. The standard InChI is InChI=1S/C14H10N3.C12H13N2O2.C12H13N2.C11H7N4O.C11H11N2.C10H8FN2.C10H8N3O2.7Ir/c1-2-5-12(6-3-1)14-16-9-10-17(14)13-7-4-8-15-11-13;1-14-6-5-13-12(14)11-4-3-10(16-2)7-9(11)8-15;1-9-4-5-11(10(2)8-9)12-13-6-7-14(12)3;1-2-4-9(5-3-1)10-12-6-7-15(10)11-14-13-8-16-11;1-9-8-12-11(13(9)2)10-6-4-3-5-7-10;1-13-9(11)7-12-10(13)8-5-3-2-4-6-8;1-12-6-5-11-10(12)8-3-2-4-9(7-8)13(14)15;;;;;;;/h1-5,7-11H;3,5-7,15H,8H2,1-2H3;4,6-8H,1-3H3;1-4,6-8H;3-6,8H,1-2H3;2-5,7H,1H3;2,4-7H,1H3;;;;;;;/q7*-1;;;;;;;. The minimum absolute atomic E-state index is 0. The molecule has 0 atom stereocenters. The number of aliphatic hydroxyl groups is 1. The number of aromatic nitrogens is 17. The van der Waals surface area contributed by atoms with Gasteiger partial charge in [0.15, 0.2) is 5.69 Å². The molecule has 0 saturated carbocycles. The second-order valence-electron chi connectivity index (χ2n) is 22.7. The number of aliphatic hydroxyl groups excluding tert-OH is 1. The third-order valence-corrected chi connectivity index (χ3v) is 15.5. The molecule has 7 radical (unpaired) electrons. The van der Waals surface area contributed by atoms with Gasteiger partial charge in [0.05, 0.1) is 66.0 Å². The van der Waals surface area contributed by atoms with Crippen LogP contribution in [-0.4, -0.2) is 99.2 Å². The van der Waals surface area contributed by atoms with E-state index in [9.17, 15) is 19.6 Å². The number of methoxy groups -OCH3 is 1. The van der Waals surface area contributed by atoms with Crippen LogP contribution in [0.3, 0.4) is 0 Å². The minimum Gasteiger partial charge on any atom is -0.540 e. The molecule has 0 spiro atoms. The van der Waals surface area contributed by atoms with Crippen molar-refractivity contribution >= 4 is 5.69 Å². The molecule has 0 aliphatic heterocycles. The van der Waals surface area contributed by atoms with Crippen molar-refractivity contribution in [3.05, 3.63) is 326 Å². The van der Waals surface area contributed by atoms with Crippen LogP contribution in [0.25, 0.3) is 91.4 Å². The number of aryl methyl sites for hydroxylation is 6. The van der Waals surface area contributed by atoms with Gasteiger partial charge < -0.3 is 41.7 Å². The summed E-state index contributed by atoms with van der Waals surface area (Å²) in [7, 11) is 11.0. The molecule has 9 aromatic heterocycles. The van der Waals surface area contributed by atoms with E-state index in [2.05, 4.69) is 117 Å². The van der Waals surface area contributed by atoms with Gasteiger partial charge in [-0.25, -0.2) is 0 Å². The summed E-state index contributed by atoms with van der Waals surface area (Å²) in [6.45, 7) is 6.15. The van der Waals surface area contributed by atoms with Crippen molar-refractivity contribution in [3.63, 3.8) is 0 Å². The van der Waals surface area contributed by atoms with Crippen LogP contribution in [0.5, 0.6) is 5.75 Å². The van der Waals surface area contributed by atoms with Crippen LogP contribution in [0.15, 0.2) is 249 Å². The number of halogens is 1. The number of non-ortho nitro benzene ring substituents is 1. The first kappa shape index (κ1) is 96.1. The van der Waals surface area contributed by atoms with Crippen molar-refractivity contribution in [2.75, 3.05) is 7.11 Å². The monoisotopic (exact) mass is 2730 g/mol. The van der Waals surface area contributed by atoms with Crippen LogP contribution in [0.2, 0.25) is 0 Å². The van der Waals surface area contributed by atoms with Crippen LogP contribution >= 0.6 is 0 Å². The normalized spacial score (nSPS) is 9.72.